The second-order valence-corrected chi connectivity index (χ2v) is 4.97. The summed E-state index contributed by atoms with van der Waals surface area (Å²) in [5, 5.41) is 6.78. The van der Waals surface area contributed by atoms with Crippen LogP contribution in [-0.4, -0.2) is 24.6 Å². The molecule has 0 fully saturated rings. The third kappa shape index (κ3) is 5.52. The monoisotopic (exact) mass is 333 g/mol. The van der Waals surface area contributed by atoms with Gasteiger partial charge in [0.1, 0.15) is 5.82 Å². The smallest absolute Gasteiger partial charge is 0.259 e. The van der Waals surface area contributed by atoms with Crippen molar-refractivity contribution in [1.82, 2.24) is 10.7 Å². The van der Waals surface area contributed by atoms with Gasteiger partial charge in [0.15, 0.2) is 0 Å². The van der Waals surface area contributed by atoms with Gasteiger partial charge in [0.2, 0.25) is 0 Å². The predicted molar refractivity (Wildman–Crippen MR) is 85.9 cm³/mol. The van der Waals surface area contributed by atoms with Crippen molar-refractivity contribution in [2.45, 2.75) is 0 Å². The summed E-state index contributed by atoms with van der Waals surface area (Å²) in [5.41, 5.74) is 3.32. The van der Waals surface area contributed by atoms with E-state index in [1.165, 1.54) is 30.5 Å². The van der Waals surface area contributed by atoms with Crippen molar-refractivity contribution in [3.05, 3.63) is 70.5 Å². The minimum atomic E-state index is -0.481. The molecular formula is C16H13ClFN3O2. The van der Waals surface area contributed by atoms with Gasteiger partial charge in [0.25, 0.3) is 11.8 Å². The van der Waals surface area contributed by atoms with E-state index in [0.717, 1.165) is 5.56 Å². The number of nitrogens with one attached hydrogen (secondary N) is 2. The van der Waals surface area contributed by atoms with E-state index in [1.807, 2.05) is 0 Å². The molecule has 2 amide bonds. The lowest BCUT2D eigenvalue weighted by molar-refractivity contribution is -0.120. The van der Waals surface area contributed by atoms with Crippen molar-refractivity contribution in [3.63, 3.8) is 0 Å². The van der Waals surface area contributed by atoms with Crippen LogP contribution in [0.15, 0.2) is 53.6 Å². The molecule has 0 heterocycles. The summed E-state index contributed by atoms with van der Waals surface area (Å²) in [5.74, 6) is -1.39. The summed E-state index contributed by atoms with van der Waals surface area (Å²) in [6, 6.07) is 11.9. The van der Waals surface area contributed by atoms with Gasteiger partial charge in [-0.25, -0.2) is 9.82 Å². The molecule has 7 heteroatoms. The molecule has 2 rings (SSSR count). The van der Waals surface area contributed by atoms with Gasteiger partial charge in [0, 0.05) is 10.6 Å². The molecule has 0 unspecified atom stereocenters. The first kappa shape index (κ1) is 16.6. The highest BCUT2D eigenvalue weighted by Crippen LogP contribution is 2.07. The van der Waals surface area contributed by atoms with E-state index < -0.39 is 17.6 Å². The lowest BCUT2D eigenvalue weighted by atomic mass is 10.2. The molecule has 0 aliphatic rings. The molecule has 0 saturated heterocycles. The highest BCUT2D eigenvalue weighted by atomic mass is 35.5. The molecule has 5 nitrogen and oxygen atoms in total. The van der Waals surface area contributed by atoms with E-state index in [-0.39, 0.29) is 12.1 Å². The molecule has 118 valence electrons. The maximum absolute atomic E-state index is 12.7. The molecule has 0 aliphatic carbocycles. The van der Waals surface area contributed by atoms with Crippen LogP contribution in [0.3, 0.4) is 0 Å². The van der Waals surface area contributed by atoms with Crippen LogP contribution in [0.25, 0.3) is 0 Å². The number of carbonyl (C=O) groups excluding carboxylic acids is 2. The number of hydrazone groups is 1. The van der Waals surface area contributed by atoms with Crippen molar-refractivity contribution in [2.75, 3.05) is 6.54 Å². The first-order valence-corrected chi connectivity index (χ1v) is 7.03. The zero-order valence-corrected chi connectivity index (χ0v) is 12.7. The molecule has 2 aromatic rings. The van der Waals surface area contributed by atoms with Gasteiger partial charge in [-0.15, -0.1) is 0 Å². The molecule has 0 bridgehead atoms. The minimum Gasteiger partial charge on any atom is -0.343 e. The molecule has 2 aromatic carbocycles. The van der Waals surface area contributed by atoms with E-state index in [2.05, 4.69) is 15.8 Å². The predicted octanol–water partition coefficient (Wildman–Crippen LogP) is 2.36. The van der Waals surface area contributed by atoms with E-state index in [4.69, 9.17) is 11.6 Å². The highest BCUT2D eigenvalue weighted by Gasteiger charge is 2.07. The third-order valence-electron chi connectivity index (χ3n) is 2.79. The van der Waals surface area contributed by atoms with Gasteiger partial charge < -0.3 is 5.32 Å². The SMILES string of the molecule is O=C(CNC(=O)c1ccc(F)cc1)NN=Cc1ccc(Cl)cc1. The number of hydrogen-bond donors (Lipinski definition) is 2. The van der Waals surface area contributed by atoms with Gasteiger partial charge in [-0.3, -0.25) is 9.59 Å². The average Bonchev–Trinajstić information content (AvgIpc) is 2.55. The standard InChI is InChI=1S/C16H13ClFN3O2/c17-13-5-1-11(2-6-13)9-20-21-15(22)10-19-16(23)12-3-7-14(18)8-4-12/h1-9H,10H2,(H,19,23)(H,21,22). The summed E-state index contributed by atoms with van der Waals surface area (Å²) in [6.07, 6.45) is 1.45. The molecule has 23 heavy (non-hydrogen) atoms. The Morgan fingerprint density at radius 3 is 2.39 bits per heavy atom. The molecule has 0 spiro atoms. The Bertz CT molecular complexity index is 715. The van der Waals surface area contributed by atoms with Crippen LogP contribution < -0.4 is 10.7 Å². The molecular weight excluding hydrogens is 321 g/mol. The van der Waals surface area contributed by atoms with Gasteiger partial charge in [0.05, 0.1) is 12.8 Å². The zero-order valence-electron chi connectivity index (χ0n) is 11.9. The second-order valence-electron chi connectivity index (χ2n) is 4.53. The van der Waals surface area contributed by atoms with Crippen LogP contribution in [0.4, 0.5) is 4.39 Å². The van der Waals surface area contributed by atoms with Crippen LogP contribution in [0.5, 0.6) is 0 Å². The van der Waals surface area contributed by atoms with Gasteiger partial charge in [-0.2, -0.15) is 5.10 Å². The molecule has 0 aliphatic heterocycles. The lowest BCUT2D eigenvalue weighted by Gasteiger charge is -2.04. The van der Waals surface area contributed by atoms with Crippen molar-refractivity contribution in [3.8, 4) is 0 Å². The van der Waals surface area contributed by atoms with Crippen LogP contribution in [0.1, 0.15) is 15.9 Å². The Morgan fingerprint density at radius 1 is 1.09 bits per heavy atom. The fourth-order valence-corrected chi connectivity index (χ4v) is 1.76. The van der Waals surface area contributed by atoms with Crippen LogP contribution in [-0.2, 0) is 4.79 Å². The van der Waals surface area contributed by atoms with E-state index in [1.54, 1.807) is 24.3 Å². The molecule has 0 radical (unpaired) electrons. The summed E-state index contributed by atoms with van der Waals surface area (Å²) in [6.45, 7) is -0.242. The minimum absolute atomic E-state index is 0.242. The first-order valence-electron chi connectivity index (χ1n) is 6.66. The summed E-state index contributed by atoms with van der Waals surface area (Å²) in [4.78, 5) is 23.3. The Balaban J connectivity index is 1.77. The number of hydrogen-bond acceptors (Lipinski definition) is 3. The fraction of sp³-hybridized carbons (Fsp3) is 0.0625. The fourth-order valence-electron chi connectivity index (χ4n) is 1.63. The van der Waals surface area contributed by atoms with Crippen LogP contribution in [0.2, 0.25) is 5.02 Å². The quantitative estimate of drug-likeness (QED) is 0.651. The second kappa shape index (κ2) is 8.05. The number of carbonyl (C=O) groups is 2. The highest BCUT2D eigenvalue weighted by molar-refractivity contribution is 6.30. The number of benzene rings is 2. The first-order chi connectivity index (χ1) is 11.0. The van der Waals surface area contributed by atoms with Gasteiger partial charge in [-0.1, -0.05) is 23.7 Å². The molecule has 0 saturated carbocycles. The number of halogens is 2. The Kier molecular flexibility index (Phi) is 5.82. The van der Waals surface area contributed by atoms with Crippen molar-refractivity contribution < 1.29 is 14.0 Å². The molecule has 0 aromatic heterocycles. The van der Waals surface area contributed by atoms with Crippen molar-refractivity contribution in [1.29, 1.82) is 0 Å². The largest absolute Gasteiger partial charge is 0.343 e. The number of nitrogens with zero attached hydrogens (tertiary/aromatic N) is 1. The average molecular weight is 334 g/mol. The Labute approximate surface area is 137 Å². The van der Waals surface area contributed by atoms with Crippen LogP contribution in [0, 0.1) is 5.82 Å². The van der Waals surface area contributed by atoms with E-state index in [0.29, 0.717) is 5.02 Å². The van der Waals surface area contributed by atoms with E-state index >= 15 is 0 Å². The maximum atomic E-state index is 12.7. The molecule has 2 N–H and O–H groups in total. The summed E-state index contributed by atoms with van der Waals surface area (Å²) < 4.78 is 12.7. The van der Waals surface area contributed by atoms with Crippen molar-refractivity contribution in [2.24, 2.45) is 5.10 Å². The van der Waals surface area contributed by atoms with Crippen molar-refractivity contribution >= 4 is 29.6 Å². The summed E-state index contributed by atoms with van der Waals surface area (Å²) >= 11 is 5.75. The number of rotatable bonds is 5. The van der Waals surface area contributed by atoms with Gasteiger partial charge in [-0.05, 0) is 42.0 Å². The lowest BCUT2D eigenvalue weighted by Crippen LogP contribution is -2.34. The molecule has 0 atom stereocenters. The topological polar surface area (TPSA) is 70.6 Å². The number of amides is 2. The zero-order chi connectivity index (χ0) is 16.7. The maximum Gasteiger partial charge on any atom is 0.259 e. The van der Waals surface area contributed by atoms with Gasteiger partial charge >= 0.3 is 0 Å². The van der Waals surface area contributed by atoms with Crippen LogP contribution >= 0.6 is 11.6 Å². The Hall–Kier alpha value is -2.73. The van der Waals surface area contributed by atoms with E-state index in [9.17, 15) is 14.0 Å². The third-order valence-corrected chi connectivity index (χ3v) is 3.04. The normalized spacial score (nSPS) is 10.5. The summed E-state index contributed by atoms with van der Waals surface area (Å²) in [7, 11) is 0. The Morgan fingerprint density at radius 2 is 1.74 bits per heavy atom.